The fourth-order valence-electron chi connectivity index (χ4n) is 4.07. The van der Waals surface area contributed by atoms with Gasteiger partial charge in [0, 0.05) is 5.25 Å². The molecular weight excluding hydrogens is 386 g/mol. The van der Waals surface area contributed by atoms with Gasteiger partial charge >= 0.3 is 0 Å². The molecule has 1 aliphatic rings. The van der Waals surface area contributed by atoms with E-state index in [0.717, 1.165) is 18.4 Å². The number of unbranched alkanes of at least 4 members (excludes halogenated alkanes) is 2. The Kier molecular flexibility index (Phi) is 13.3. The van der Waals surface area contributed by atoms with Crippen molar-refractivity contribution in [2.24, 2.45) is 11.1 Å². The van der Waals surface area contributed by atoms with Crippen molar-refractivity contribution in [2.75, 3.05) is 0 Å². The van der Waals surface area contributed by atoms with Gasteiger partial charge in [-0.25, -0.2) is 0 Å². The molecule has 0 N–H and O–H groups in total. The molecule has 30 heavy (non-hydrogen) atoms. The van der Waals surface area contributed by atoms with E-state index in [0.29, 0.717) is 5.92 Å². The van der Waals surface area contributed by atoms with Gasteiger partial charge < -0.3 is 0 Å². The molecule has 0 spiro atoms. The van der Waals surface area contributed by atoms with Crippen LogP contribution in [-0.4, -0.2) is 11.3 Å². The van der Waals surface area contributed by atoms with Gasteiger partial charge in [-0.05, 0) is 84.1 Å². The number of nitroso groups, excluding NO2 is 1. The fourth-order valence-corrected chi connectivity index (χ4v) is 4.48. The van der Waals surface area contributed by atoms with Crippen molar-refractivity contribution in [3.05, 3.63) is 51.0 Å². The predicted octanol–water partition coefficient (Wildman–Crippen LogP) is 9.15. The Bertz CT molecular complexity index is 656. The second-order valence-corrected chi connectivity index (χ2v) is 9.89. The fraction of sp³-hybridized carbons (Fsp3) is 0.704. The van der Waals surface area contributed by atoms with Gasteiger partial charge in [0.25, 0.3) is 0 Å². The summed E-state index contributed by atoms with van der Waals surface area (Å²) in [6.45, 7) is 13.2. The molecule has 1 rings (SSSR count). The maximum absolute atomic E-state index is 11.1. The molecule has 2 nitrogen and oxygen atoms in total. The van der Waals surface area contributed by atoms with Crippen molar-refractivity contribution < 1.29 is 0 Å². The van der Waals surface area contributed by atoms with Crippen LogP contribution in [-0.2, 0) is 0 Å². The van der Waals surface area contributed by atoms with Crippen molar-refractivity contribution in [2.45, 2.75) is 117 Å². The summed E-state index contributed by atoms with van der Waals surface area (Å²) in [5.74, 6) is 0.693. The first-order valence-corrected chi connectivity index (χ1v) is 12.5. The average Bonchev–Trinajstić information content (AvgIpc) is 2.71. The molecule has 0 radical (unpaired) electrons. The van der Waals surface area contributed by atoms with Gasteiger partial charge in [0.05, 0.1) is 0 Å². The lowest BCUT2D eigenvalue weighted by Crippen LogP contribution is -2.19. The quantitative estimate of drug-likeness (QED) is 0.126. The molecule has 0 amide bonds. The minimum Gasteiger partial charge on any atom is -0.167 e. The van der Waals surface area contributed by atoms with Gasteiger partial charge in [-0.3, -0.25) is 0 Å². The van der Waals surface area contributed by atoms with E-state index in [-0.39, 0.29) is 11.3 Å². The van der Waals surface area contributed by atoms with Crippen molar-refractivity contribution in [3.63, 3.8) is 0 Å². The standard InChI is InChI=1S/C27H45NOS/c1-7-8-9-12-20(2)13-10-14-21(3)15-11-16-22(4)17-18-25-19-26(28-29)23(5)24(6)27(25)30/h12,14,19,22,26-27,30H,7-11,13,15-18H2,1-6H3/b20-12+,21-14+. The highest BCUT2D eigenvalue weighted by Gasteiger charge is 2.24. The normalized spacial score (nSPS) is 21.6. The lowest BCUT2D eigenvalue weighted by atomic mass is 9.86. The largest absolute Gasteiger partial charge is 0.167 e. The van der Waals surface area contributed by atoms with Crippen LogP contribution in [0.25, 0.3) is 0 Å². The first-order chi connectivity index (χ1) is 14.3. The molecule has 0 aliphatic heterocycles. The summed E-state index contributed by atoms with van der Waals surface area (Å²) in [6, 6.07) is -0.295. The zero-order valence-electron chi connectivity index (χ0n) is 20.3. The van der Waals surface area contributed by atoms with Crippen LogP contribution in [0.5, 0.6) is 0 Å². The van der Waals surface area contributed by atoms with E-state index >= 15 is 0 Å². The lowest BCUT2D eigenvalue weighted by Gasteiger charge is -2.26. The maximum Gasteiger partial charge on any atom is 0.131 e. The van der Waals surface area contributed by atoms with E-state index in [1.807, 2.05) is 13.0 Å². The van der Waals surface area contributed by atoms with E-state index in [2.05, 4.69) is 51.9 Å². The molecule has 3 unspecified atom stereocenters. The number of allylic oxidation sites excluding steroid dienone is 4. The van der Waals surface area contributed by atoms with Crippen LogP contribution >= 0.6 is 12.6 Å². The van der Waals surface area contributed by atoms with Crippen LogP contribution in [0.3, 0.4) is 0 Å². The minimum atomic E-state index is -0.295. The van der Waals surface area contributed by atoms with Crippen LogP contribution in [0.4, 0.5) is 0 Å². The molecule has 3 atom stereocenters. The summed E-state index contributed by atoms with van der Waals surface area (Å²) < 4.78 is 0. The zero-order chi connectivity index (χ0) is 22.5. The minimum absolute atomic E-state index is 0.153. The molecular formula is C27H45NOS. The van der Waals surface area contributed by atoms with E-state index in [9.17, 15) is 4.91 Å². The number of nitrogens with zero attached hydrogens (tertiary/aromatic N) is 1. The van der Waals surface area contributed by atoms with Crippen LogP contribution < -0.4 is 0 Å². The monoisotopic (exact) mass is 431 g/mol. The van der Waals surface area contributed by atoms with Gasteiger partial charge in [0.15, 0.2) is 0 Å². The molecule has 0 bridgehead atoms. The summed E-state index contributed by atoms with van der Waals surface area (Å²) in [5, 5.41) is 3.44. The van der Waals surface area contributed by atoms with Crippen molar-refractivity contribution in [1.29, 1.82) is 0 Å². The Morgan fingerprint density at radius 2 is 1.73 bits per heavy atom. The van der Waals surface area contributed by atoms with Gasteiger partial charge in [-0.2, -0.15) is 12.6 Å². The van der Waals surface area contributed by atoms with Crippen LogP contribution in [0.2, 0.25) is 0 Å². The topological polar surface area (TPSA) is 29.4 Å². The van der Waals surface area contributed by atoms with E-state index in [1.54, 1.807) is 0 Å². The Balaban J connectivity index is 2.31. The zero-order valence-corrected chi connectivity index (χ0v) is 21.2. The Morgan fingerprint density at radius 1 is 1.07 bits per heavy atom. The molecule has 0 aromatic heterocycles. The van der Waals surface area contributed by atoms with Crippen molar-refractivity contribution in [3.8, 4) is 0 Å². The molecule has 0 aromatic rings. The van der Waals surface area contributed by atoms with E-state index in [4.69, 9.17) is 12.6 Å². The van der Waals surface area contributed by atoms with Crippen LogP contribution in [0.1, 0.15) is 106 Å². The lowest BCUT2D eigenvalue weighted by molar-refractivity contribution is 0.471. The summed E-state index contributed by atoms with van der Waals surface area (Å²) in [6.07, 6.45) is 19.0. The molecule has 0 heterocycles. The van der Waals surface area contributed by atoms with Gasteiger partial charge in [0.1, 0.15) is 6.04 Å². The second kappa shape index (κ2) is 14.8. The second-order valence-electron chi connectivity index (χ2n) is 9.38. The highest BCUT2D eigenvalue weighted by Crippen LogP contribution is 2.33. The summed E-state index contributed by atoms with van der Waals surface area (Å²) in [4.78, 5) is 11.1. The third kappa shape index (κ3) is 9.81. The van der Waals surface area contributed by atoms with Gasteiger partial charge in [0.2, 0.25) is 0 Å². The molecule has 3 heteroatoms. The SMILES string of the molecule is CCCC/C=C(\C)CC/C=C(\C)CCCC(C)CCC1=CC(N=O)C(C)=C(C)C1S. The van der Waals surface area contributed by atoms with Crippen molar-refractivity contribution in [1.82, 2.24) is 0 Å². The van der Waals surface area contributed by atoms with Gasteiger partial charge in [-0.15, -0.1) is 4.91 Å². The van der Waals surface area contributed by atoms with Crippen molar-refractivity contribution >= 4 is 12.6 Å². The summed E-state index contributed by atoms with van der Waals surface area (Å²) in [7, 11) is 0. The first-order valence-electron chi connectivity index (χ1n) is 12.0. The maximum atomic E-state index is 11.1. The first kappa shape index (κ1) is 26.9. The third-order valence-electron chi connectivity index (χ3n) is 6.59. The molecule has 0 aromatic carbocycles. The third-order valence-corrected chi connectivity index (χ3v) is 7.31. The number of hydrogen-bond donors (Lipinski definition) is 1. The molecule has 0 saturated heterocycles. The smallest absolute Gasteiger partial charge is 0.131 e. The highest BCUT2D eigenvalue weighted by atomic mass is 32.1. The van der Waals surface area contributed by atoms with Gasteiger partial charge in [-0.1, -0.05) is 78.8 Å². The van der Waals surface area contributed by atoms with Crippen LogP contribution in [0, 0.1) is 10.8 Å². The Hall–Kier alpha value is -1.09. The number of thiol groups is 1. The van der Waals surface area contributed by atoms with E-state index in [1.165, 1.54) is 73.7 Å². The number of hydrogen-bond acceptors (Lipinski definition) is 3. The molecule has 0 fully saturated rings. The van der Waals surface area contributed by atoms with E-state index < -0.39 is 0 Å². The van der Waals surface area contributed by atoms with Crippen LogP contribution in [0.15, 0.2) is 51.3 Å². The predicted molar refractivity (Wildman–Crippen MR) is 137 cm³/mol. The summed E-state index contributed by atoms with van der Waals surface area (Å²) >= 11 is 4.78. The molecule has 170 valence electrons. The highest BCUT2D eigenvalue weighted by molar-refractivity contribution is 7.81. The molecule has 0 saturated carbocycles. The Morgan fingerprint density at radius 3 is 2.40 bits per heavy atom. The average molecular weight is 432 g/mol. The Labute approximate surface area is 191 Å². The number of rotatable bonds is 14. The molecule has 1 aliphatic carbocycles. The summed E-state index contributed by atoms with van der Waals surface area (Å²) in [5.41, 5.74) is 6.61.